The lowest BCUT2D eigenvalue weighted by Gasteiger charge is -2.29. The van der Waals surface area contributed by atoms with Gasteiger partial charge in [0, 0.05) is 53.0 Å². The van der Waals surface area contributed by atoms with E-state index in [9.17, 15) is 0 Å². The van der Waals surface area contributed by atoms with Crippen molar-refractivity contribution in [3.05, 3.63) is 0 Å². The zero-order valence-electron chi connectivity index (χ0n) is 13.7. The Morgan fingerprint density at radius 3 is 2.55 bits per heavy atom. The number of hydrogen-bond donors (Lipinski definition) is 1. The summed E-state index contributed by atoms with van der Waals surface area (Å²) in [4.78, 5) is 2.47. The lowest BCUT2D eigenvalue weighted by atomic mass is 9.87. The topological polar surface area (TPSA) is 33.7 Å². The van der Waals surface area contributed by atoms with Crippen LogP contribution >= 0.6 is 0 Å². The van der Waals surface area contributed by atoms with Gasteiger partial charge in [0.05, 0.1) is 6.61 Å². The third kappa shape index (κ3) is 8.20. The fourth-order valence-electron chi connectivity index (χ4n) is 3.03. The van der Waals surface area contributed by atoms with E-state index >= 15 is 0 Å². The second kappa shape index (κ2) is 11.5. The fraction of sp³-hybridized carbons (Fsp3) is 1.00. The summed E-state index contributed by atoms with van der Waals surface area (Å²) in [7, 11) is 3.54. The average molecular weight is 286 g/mol. The van der Waals surface area contributed by atoms with E-state index in [1.54, 1.807) is 14.2 Å². The van der Waals surface area contributed by atoms with Gasteiger partial charge in [0.2, 0.25) is 0 Å². The summed E-state index contributed by atoms with van der Waals surface area (Å²) in [6, 6.07) is 0.738. The molecule has 0 spiro atoms. The molecule has 0 heterocycles. The quantitative estimate of drug-likeness (QED) is 0.590. The van der Waals surface area contributed by atoms with Gasteiger partial charge in [0.1, 0.15) is 0 Å². The van der Waals surface area contributed by atoms with Crippen LogP contribution in [-0.4, -0.2) is 64.6 Å². The molecule has 2 atom stereocenters. The summed E-state index contributed by atoms with van der Waals surface area (Å²) in [5, 5.41) is 3.74. The minimum atomic E-state index is 0.738. The molecule has 4 heteroatoms. The first-order chi connectivity index (χ1) is 9.76. The van der Waals surface area contributed by atoms with Gasteiger partial charge in [-0.1, -0.05) is 19.8 Å². The van der Waals surface area contributed by atoms with Gasteiger partial charge in [-0.25, -0.2) is 0 Å². The van der Waals surface area contributed by atoms with Crippen LogP contribution in [0.15, 0.2) is 0 Å². The second-order valence-corrected chi connectivity index (χ2v) is 6.10. The zero-order valence-corrected chi connectivity index (χ0v) is 13.7. The Balaban J connectivity index is 2.15. The van der Waals surface area contributed by atoms with Gasteiger partial charge in [0.15, 0.2) is 0 Å². The van der Waals surface area contributed by atoms with Crippen molar-refractivity contribution in [3.8, 4) is 0 Å². The second-order valence-electron chi connectivity index (χ2n) is 6.10. The molecular formula is C16H34N2O2. The first kappa shape index (κ1) is 17.9. The molecule has 2 unspecified atom stereocenters. The van der Waals surface area contributed by atoms with Crippen molar-refractivity contribution in [1.82, 2.24) is 10.2 Å². The maximum Gasteiger partial charge on any atom is 0.0589 e. The Morgan fingerprint density at radius 1 is 1.05 bits per heavy atom. The van der Waals surface area contributed by atoms with Gasteiger partial charge in [0.25, 0.3) is 0 Å². The van der Waals surface area contributed by atoms with E-state index in [0.717, 1.165) is 57.8 Å². The van der Waals surface area contributed by atoms with Crippen molar-refractivity contribution in [3.63, 3.8) is 0 Å². The molecule has 1 aliphatic carbocycles. The Kier molecular flexibility index (Phi) is 10.3. The van der Waals surface area contributed by atoms with Crippen LogP contribution in [0.1, 0.15) is 39.0 Å². The standard InChI is InChI=1S/C16H34N2O2/c1-15-6-4-7-16(14-15)17-8-10-18(11-13-20-3)9-5-12-19-2/h15-17H,4-14H2,1-3H3. The highest BCUT2D eigenvalue weighted by Gasteiger charge is 2.18. The molecule has 120 valence electrons. The third-order valence-electron chi connectivity index (χ3n) is 4.23. The highest BCUT2D eigenvalue weighted by molar-refractivity contribution is 4.76. The fourth-order valence-corrected chi connectivity index (χ4v) is 3.03. The molecule has 1 fully saturated rings. The van der Waals surface area contributed by atoms with Crippen LogP contribution in [0.5, 0.6) is 0 Å². The predicted octanol–water partition coefficient (Wildman–Crippen LogP) is 2.14. The van der Waals surface area contributed by atoms with Gasteiger partial charge < -0.3 is 14.8 Å². The molecule has 0 bridgehead atoms. The van der Waals surface area contributed by atoms with E-state index in [-0.39, 0.29) is 0 Å². The molecule has 0 aromatic rings. The number of nitrogens with one attached hydrogen (secondary N) is 1. The lowest BCUT2D eigenvalue weighted by molar-refractivity contribution is 0.132. The van der Waals surface area contributed by atoms with E-state index in [1.165, 1.54) is 25.7 Å². The molecule has 1 N–H and O–H groups in total. The minimum absolute atomic E-state index is 0.738. The molecule has 0 saturated heterocycles. The Morgan fingerprint density at radius 2 is 1.85 bits per heavy atom. The number of nitrogens with zero attached hydrogens (tertiary/aromatic N) is 1. The molecule has 0 aromatic heterocycles. The normalized spacial score (nSPS) is 23.4. The van der Waals surface area contributed by atoms with E-state index in [1.807, 2.05) is 0 Å². The molecule has 4 nitrogen and oxygen atoms in total. The van der Waals surface area contributed by atoms with E-state index in [0.29, 0.717) is 0 Å². The van der Waals surface area contributed by atoms with Crippen molar-refractivity contribution in [2.24, 2.45) is 5.92 Å². The number of rotatable bonds is 11. The molecular weight excluding hydrogens is 252 g/mol. The van der Waals surface area contributed by atoms with Crippen molar-refractivity contribution in [1.29, 1.82) is 0 Å². The maximum atomic E-state index is 5.20. The van der Waals surface area contributed by atoms with E-state index in [2.05, 4.69) is 17.1 Å². The van der Waals surface area contributed by atoms with Crippen molar-refractivity contribution in [2.75, 3.05) is 53.6 Å². The highest BCUT2D eigenvalue weighted by atomic mass is 16.5. The van der Waals surface area contributed by atoms with Gasteiger partial charge in [-0.05, 0) is 25.2 Å². The van der Waals surface area contributed by atoms with E-state index < -0.39 is 0 Å². The van der Waals surface area contributed by atoms with Crippen molar-refractivity contribution < 1.29 is 9.47 Å². The number of methoxy groups -OCH3 is 2. The summed E-state index contributed by atoms with van der Waals surface area (Å²) < 4.78 is 10.3. The number of hydrogen-bond acceptors (Lipinski definition) is 4. The molecule has 1 rings (SSSR count). The first-order valence-corrected chi connectivity index (χ1v) is 8.20. The van der Waals surface area contributed by atoms with Crippen LogP contribution < -0.4 is 5.32 Å². The smallest absolute Gasteiger partial charge is 0.0589 e. The average Bonchev–Trinajstić information content (AvgIpc) is 2.44. The van der Waals surface area contributed by atoms with Gasteiger partial charge in [-0.2, -0.15) is 0 Å². The van der Waals surface area contributed by atoms with Crippen LogP contribution in [0.3, 0.4) is 0 Å². The molecule has 0 aromatic carbocycles. The van der Waals surface area contributed by atoms with Crippen molar-refractivity contribution >= 4 is 0 Å². The molecule has 0 aliphatic heterocycles. The molecule has 1 aliphatic rings. The molecule has 0 radical (unpaired) electrons. The SMILES string of the molecule is COCCCN(CCNC1CCCC(C)C1)CCOC. The van der Waals surface area contributed by atoms with Gasteiger partial charge >= 0.3 is 0 Å². The third-order valence-corrected chi connectivity index (χ3v) is 4.23. The van der Waals surface area contributed by atoms with Gasteiger partial charge in [-0.15, -0.1) is 0 Å². The predicted molar refractivity (Wildman–Crippen MR) is 84.2 cm³/mol. The van der Waals surface area contributed by atoms with Crippen LogP contribution in [-0.2, 0) is 9.47 Å². The Bertz CT molecular complexity index is 227. The van der Waals surface area contributed by atoms with Crippen molar-refractivity contribution in [2.45, 2.75) is 45.1 Å². The van der Waals surface area contributed by atoms with Crippen LogP contribution in [0.2, 0.25) is 0 Å². The highest BCUT2D eigenvalue weighted by Crippen LogP contribution is 2.23. The summed E-state index contributed by atoms with van der Waals surface area (Å²) >= 11 is 0. The summed E-state index contributed by atoms with van der Waals surface area (Å²) in [6.45, 7) is 8.35. The zero-order chi connectivity index (χ0) is 14.6. The number of ether oxygens (including phenoxy) is 2. The lowest BCUT2D eigenvalue weighted by Crippen LogP contribution is -2.40. The molecule has 1 saturated carbocycles. The minimum Gasteiger partial charge on any atom is -0.385 e. The monoisotopic (exact) mass is 286 g/mol. The summed E-state index contributed by atoms with van der Waals surface area (Å²) in [5.41, 5.74) is 0. The Hall–Kier alpha value is -0.160. The van der Waals surface area contributed by atoms with Crippen LogP contribution in [0, 0.1) is 5.92 Å². The molecule has 20 heavy (non-hydrogen) atoms. The maximum absolute atomic E-state index is 5.20. The largest absolute Gasteiger partial charge is 0.385 e. The Labute approximate surface area is 125 Å². The summed E-state index contributed by atoms with van der Waals surface area (Å²) in [5.74, 6) is 0.896. The first-order valence-electron chi connectivity index (χ1n) is 8.20. The van der Waals surface area contributed by atoms with Gasteiger partial charge in [-0.3, -0.25) is 4.90 Å². The summed E-state index contributed by atoms with van der Waals surface area (Å²) in [6.07, 6.45) is 6.60. The van der Waals surface area contributed by atoms with E-state index in [4.69, 9.17) is 9.47 Å². The molecule has 0 amide bonds. The van der Waals surface area contributed by atoms with Crippen LogP contribution in [0.25, 0.3) is 0 Å². The van der Waals surface area contributed by atoms with Crippen LogP contribution in [0.4, 0.5) is 0 Å².